The molecule has 0 aliphatic heterocycles. The van der Waals surface area contributed by atoms with Gasteiger partial charge in [0.1, 0.15) is 5.75 Å². The monoisotopic (exact) mass is 397 g/mol. The molecule has 0 spiro atoms. The molecule has 0 amide bonds. The fraction of sp³-hybridized carbons (Fsp3) is 0.125. The van der Waals surface area contributed by atoms with E-state index in [2.05, 4.69) is 49.9 Å². The first-order chi connectivity index (χ1) is 14.8. The Labute approximate surface area is 176 Å². The minimum absolute atomic E-state index is 0.523. The lowest BCUT2D eigenvalue weighted by Crippen LogP contribution is -2.10. The Morgan fingerprint density at radius 1 is 0.633 bits per heavy atom. The average Bonchev–Trinajstić information content (AvgIpc) is 2.83. The van der Waals surface area contributed by atoms with Gasteiger partial charge in [-0.25, -0.2) is 0 Å². The molecule has 6 heteroatoms. The fourth-order valence-electron chi connectivity index (χ4n) is 2.96. The van der Waals surface area contributed by atoms with Crippen LogP contribution >= 0.6 is 0 Å². The second-order valence-corrected chi connectivity index (χ2v) is 6.71. The minimum Gasteiger partial charge on any atom is -0.497 e. The Kier molecular flexibility index (Phi) is 6.15. The normalized spacial score (nSPS) is 10.4. The average molecular weight is 397 g/mol. The Hall–Kier alpha value is -3.93. The van der Waals surface area contributed by atoms with Crippen LogP contribution in [-0.2, 0) is 13.1 Å². The van der Waals surface area contributed by atoms with E-state index in [0.717, 1.165) is 22.4 Å². The maximum absolute atomic E-state index is 5.25. The van der Waals surface area contributed by atoms with Crippen molar-refractivity contribution in [2.45, 2.75) is 13.1 Å². The molecule has 4 aromatic rings. The second-order valence-electron chi connectivity index (χ2n) is 6.71. The molecule has 0 bridgehead atoms. The van der Waals surface area contributed by atoms with Crippen LogP contribution in [0.25, 0.3) is 11.4 Å². The summed E-state index contributed by atoms with van der Waals surface area (Å²) < 4.78 is 5.25. The van der Waals surface area contributed by atoms with Gasteiger partial charge in [-0.15, -0.1) is 0 Å². The van der Waals surface area contributed by atoms with Crippen LogP contribution < -0.4 is 15.4 Å². The number of nitrogens with one attached hydrogen (secondary N) is 2. The molecule has 1 aromatic heterocycles. The summed E-state index contributed by atoms with van der Waals surface area (Å²) in [7, 11) is 1.65. The van der Waals surface area contributed by atoms with Crippen LogP contribution in [0.3, 0.4) is 0 Å². The first-order valence-electron chi connectivity index (χ1n) is 9.76. The Morgan fingerprint density at radius 3 is 1.60 bits per heavy atom. The molecule has 0 atom stereocenters. The van der Waals surface area contributed by atoms with Gasteiger partial charge in [-0.2, -0.15) is 15.0 Å². The molecule has 0 radical (unpaired) electrons. The third kappa shape index (κ3) is 5.11. The summed E-state index contributed by atoms with van der Waals surface area (Å²) in [6.07, 6.45) is 0. The fourth-order valence-corrected chi connectivity index (χ4v) is 2.96. The van der Waals surface area contributed by atoms with E-state index >= 15 is 0 Å². The first-order valence-corrected chi connectivity index (χ1v) is 9.76. The van der Waals surface area contributed by atoms with Crippen molar-refractivity contribution in [3.8, 4) is 17.1 Å². The molecule has 0 saturated heterocycles. The molecular formula is C24H23N5O. The molecule has 6 nitrogen and oxygen atoms in total. The van der Waals surface area contributed by atoms with Crippen LogP contribution in [0.15, 0.2) is 84.9 Å². The number of nitrogens with zero attached hydrogens (tertiary/aromatic N) is 3. The molecule has 30 heavy (non-hydrogen) atoms. The largest absolute Gasteiger partial charge is 0.497 e. The molecule has 4 rings (SSSR count). The number of hydrogen-bond acceptors (Lipinski definition) is 6. The molecule has 0 aliphatic rings. The van der Waals surface area contributed by atoms with E-state index in [1.807, 2.05) is 60.7 Å². The van der Waals surface area contributed by atoms with E-state index in [9.17, 15) is 0 Å². The third-order valence-corrected chi connectivity index (χ3v) is 4.57. The van der Waals surface area contributed by atoms with Gasteiger partial charge in [0.25, 0.3) is 0 Å². The predicted octanol–water partition coefficient (Wildman–Crippen LogP) is 4.77. The van der Waals surface area contributed by atoms with Crippen LogP contribution in [0.5, 0.6) is 5.75 Å². The maximum atomic E-state index is 5.25. The summed E-state index contributed by atoms with van der Waals surface area (Å²) in [5.74, 6) is 2.43. The van der Waals surface area contributed by atoms with Gasteiger partial charge in [0, 0.05) is 18.7 Å². The minimum atomic E-state index is 0.523. The number of ether oxygens (including phenoxy) is 1. The molecule has 0 aliphatic carbocycles. The SMILES string of the molecule is COc1ccc(-c2nc(NCc3ccccc3)nc(NCc3ccccc3)n2)cc1. The standard InChI is InChI=1S/C24H23N5O/c1-30-21-14-12-20(13-15-21)22-27-23(25-16-18-8-4-2-5-9-18)29-24(28-22)26-17-19-10-6-3-7-11-19/h2-15H,16-17H2,1H3,(H2,25,26,27,28,29). The molecule has 1 heterocycles. The highest BCUT2D eigenvalue weighted by atomic mass is 16.5. The zero-order valence-corrected chi connectivity index (χ0v) is 16.7. The van der Waals surface area contributed by atoms with E-state index < -0.39 is 0 Å². The summed E-state index contributed by atoms with van der Waals surface area (Å²) in [4.78, 5) is 13.8. The van der Waals surface area contributed by atoms with Crippen LogP contribution in [-0.4, -0.2) is 22.1 Å². The second kappa shape index (κ2) is 9.52. The van der Waals surface area contributed by atoms with Crippen molar-refractivity contribution in [2.75, 3.05) is 17.7 Å². The Morgan fingerprint density at radius 2 is 1.13 bits per heavy atom. The number of hydrogen-bond donors (Lipinski definition) is 2. The highest BCUT2D eigenvalue weighted by Crippen LogP contribution is 2.21. The lowest BCUT2D eigenvalue weighted by Gasteiger charge is -2.11. The van der Waals surface area contributed by atoms with Gasteiger partial charge in [-0.05, 0) is 35.4 Å². The van der Waals surface area contributed by atoms with E-state index in [-0.39, 0.29) is 0 Å². The van der Waals surface area contributed by atoms with Crippen LogP contribution in [0, 0.1) is 0 Å². The van der Waals surface area contributed by atoms with Crippen molar-refractivity contribution in [3.05, 3.63) is 96.1 Å². The molecule has 2 N–H and O–H groups in total. The summed E-state index contributed by atoms with van der Waals surface area (Å²) in [6.45, 7) is 1.26. The summed E-state index contributed by atoms with van der Waals surface area (Å²) in [6, 6.07) is 28.0. The zero-order chi connectivity index (χ0) is 20.6. The van der Waals surface area contributed by atoms with Gasteiger partial charge < -0.3 is 15.4 Å². The number of benzene rings is 3. The van der Waals surface area contributed by atoms with Crippen molar-refractivity contribution in [3.63, 3.8) is 0 Å². The summed E-state index contributed by atoms with van der Waals surface area (Å²) in [5.41, 5.74) is 3.20. The molecule has 0 unspecified atom stereocenters. The molecule has 150 valence electrons. The van der Waals surface area contributed by atoms with Crippen molar-refractivity contribution in [2.24, 2.45) is 0 Å². The van der Waals surface area contributed by atoms with E-state index in [1.54, 1.807) is 7.11 Å². The zero-order valence-electron chi connectivity index (χ0n) is 16.7. The maximum Gasteiger partial charge on any atom is 0.228 e. The molecular weight excluding hydrogens is 374 g/mol. The lowest BCUT2D eigenvalue weighted by molar-refractivity contribution is 0.415. The first kappa shape index (κ1) is 19.4. The van der Waals surface area contributed by atoms with Gasteiger partial charge in [0.15, 0.2) is 5.82 Å². The molecule has 3 aromatic carbocycles. The van der Waals surface area contributed by atoms with Gasteiger partial charge in [0.05, 0.1) is 7.11 Å². The summed E-state index contributed by atoms with van der Waals surface area (Å²) >= 11 is 0. The highest BCUT2D eigenvalue weighted by Gasteiger charge is 2.09. The van der Waals surface area contributed by atoms with Gasteiger partial charge in [-0.1, -0.05) is 60.7 Å². The van der Waals surface area contributed by atoms with Crippen molar-refractivity contribution >= 4 is 11.9 Å². The third-order valence-electron chi connectivity index (χ3n) is 4.57. The van der Waals surface area contributed by atoms with Gasteiger partial charge in [0.2, 0.25) is 11.9 Å². The number of aromatic nitrogens is 3. The van der Waals surface area contributed by atoms with Gasteiger partial charge >= 0.3 is 0 Å². The Balaban J connectivity index is 1.58. The predicted molar refractivity (Wildman–Crippen MR) is 119 cm³/mol. The molecule has 0 fully saturated rings. The number of rotatable bonds is 8. The summed E-state index contributed by atoms with van der Waals surface area (Å²) in [5, 5.41) is 6.61. The van der Waals surface area contributed by atoms with Crippen molar-refractivity contribution in [1.29, 1.82) is 0 Å². The van der Waals surface area contributed by atoms with E-state index in [1.165, 1.54) is 0 Å². The van der Waals surface area contributed by atoms with Gasteiger partial charge in [-0.3, -0.25) is 0 Å². The topological polar surface area (TPSA) is 72.0 Å². The highest BCUT2D eigenvalue weighted by molar-refractivity contribution is 5.59. The van der Waals surface area contributed by atoms with Crippen molar-refractivity contribution in [1.82, 2.24) is 15.0 Å². The number of anilines is 2. The van der Waals surface area contributed by atoms with Crippen LogP contribution in [0.4, 0.5) is 11.9 Å². The van der Waals surface area contributed by atoms with Crippen LogP contribution in [0.1, 0.15) is 11.1 Å². The van der Waals surface area contributed by atoms with Crippen LogP contribution in [0.2, 0.25) is 0 Å². The van der Waals surface area contributed by atoms with Crippen molar-refractivity contribution < 1.29 is 4.74 Å². The smallest absolute Gasteiger partial charge is 0.228 e. The lowest BCUT2D eigenvalue weighted by atomic mass is 10.2. The molecule has 0 saturated carbocycles. The number of methoxy groups -OCH3 is 1. The quantitative estimate of drug-likeness (QED) is 0.446. The Bertz CT molecular complexity index is 1010. The van der Waals surface area contributed by atoms with E-state index in [0.29, 0.717) is 30.8 Å². The van der Waals surface area contributed by atoms with E-state index in [4.69, 9.17) is 4.74 Å².